The molecule has 174 valence electrons. The van der Waals surface area contributed by atoms with Gasteiger partial charge in [-0.15, -0.1) is 0 Å². The van der Waals surface area contributed by atoms with Gasteiger partial charge in [-0.25, -0.2) is 0 Å². The lowest BCUT2D eigenvalue weighted by molar-refractivity contribution is -0.137. The number of rotatable bonds is 4. The van der Waals surface area contributed by atoms with E-state index in [1.165, 1.54) is 13.2 Å². The summed E-state index contributed by atoms with van der Waals surface area (Å²) < 4.78 is 46.0. The molecule has 1 N–H and O–H groups in total. The van der Waals surface area contributed by atoms with Gasteiger partial charge in [-0.05, 0) is 48.0 Å². The maximum Gasteiger partial charge on any atom is 0.416 e. The van der Waals surface area contributed by atoms with E-state index in [0.717, 1.165) is 27.6 Å². The number of halogens is 4. The van der Waals surface area contributed by atoms with Crippen molar-refractivity contribution in [1.82, 2.24) is 0 Å². The Morgan fingerprint density at radius 1 is 1.00 bits per heavy atom. The second kappa shape index (κ2) is 8.98. The molecule has 0 aromatic heterocycles. The van der Waals surface area contributed by atoms with Gasteiger partial charge in [-0.3, -0.25) is 14.5 Å². The Hall–Kier alpha value is -3.59. The standard InChI is InChI=1S/C25H17BrF3NO4/c1-34-19-11-7-14(8-12-19)21-20(22(31)15-5-9-17(26)10-6-15)23(32)24(33)30(21)18-4-2-3-16(13-18)25(27,28)29/h2-13,21,31H,1H3. The first-order valence-corrected chi connectivity index (χ1v) is 10.8. The number of Topliss-reactive ketones (excluding diaryl/α,β-unsaturated/α-hetero) is 1. The van der Waals surface area contributed by atoms with Gasteiger partial charge in [0.25, 0.3) is 11.7 Å². The topological polar surface area (TPSA) is 66.8 Å². The molecular formula is C25H17BrF3NO4. The second-order valence-electron chi connectivity index (χ2n) is 7.50. The third-order valence-electron chi connectivity index (χ3n) is 5.45. The first-order chi connectivity index (χ1) is 16.1. The number of benzene rings is 3. The van der Waals surface area contributed by atoms with Crippen molar-refractivity contribution in [2.24, 2.45) is 0 Å². The molecule has 1 unspecified atom stereocenters. The van der Waals surface area contributed by atoms with Crippen LogP contribution in [-0.4, -0.2) is 23.9 Å². The minimum Gasteiger partial charge on any atom is -0.507 e. The zero-order valence-corrected chi connectivity index (χ0v) is 19.2. The molecule has 1 amide bonds. The number of carbonyl (C=O) groups is 2. The van der Waals surface area contributed by atoms with Crippen LogP contribution in [0.5, 0.6) is 5.75 Å². The fraction of sp³-hybridized carbons (Fsp3) is 0.120. The number of hydrogen-bond acceptors (Lipinski definition) is 4. The number of anilines is 1. The number of amides is 1. The fourth-order valence-corrected chi connectivity index (χ4v) is 4.06. The molecule has 4 rings (SSSR count). The highest BCUT2D eigenvalue weighted by molar-refractivity contribution is 9.10. The van der Waals surface area contributed by atoms with Crippen LogP contribution in [-0.2, 0) is 15.8 Å². The molecule has 1 aliphatic rings. The van der Waals surface area contributed by atoms with Crippen molar-refractivity contribution in [1.29, 1.82) is 0 Å². The lowest BCUT2D eigenvalue weighted by Crippen LogP contribution is -2.29. The fourth-order valence-electron chi connectivity index (χ4n) is 3.80. The number of ketones is 1. The third-order valence-corrected chi connectivity index (χ3v) is 5.97. The summed E-state index contributed by atoms with van der Waals surface area (Å²) in [6.07, 6.45) is -4.64. The number of carbonyl (C=O) groups excluding carboxylic acids is 2. The van der Waals surface area contributed by atoms with Crippen LogP contribution in [0.2, 0.25) is 0 Å². The number of aliphatic hydroxyl groups excluding tert-OH is 1. The van der Waals surface area contributed by atoms with Crippen molar-refractivity contribution in [3.05, 3.63) is 99.5 Å². The minimum absolute atomic E-state index is 0.118. The molecule has 34 heavy (non-hydrogen) atoms. The SMILES string of the molecule is COc1ccc(C2C(=C(O)c3ccc(Br)cc3)C(=O)C(=O)N2c2cccc(C(F)(F)F)c2)cc1. The van der Waals surface area contributed by atoms with Crippen LogP contribution in [0.3, 0.4) is 0 Å². The Labute approximate surface area is 201 Å². The molecule has 1 fully saturated rings. The third kappa shape index (κ3) is 4.31. The van der Waals surface area contributed by atoms with Crippen LogP contribution in [0.1, 0.15) is 22.7 Å². The predicted molar refractivity (Wildman–Crippen MR) is 123 cm³/mol. The van der Waals surface area contributed by atoms with E-state index in [2.05, 4.69) is 15.9 Å². The van der Waals surface area contributed by atoms with Gasteiger partial charge in [0.2, 0.25) is 0 Å². The van der Waals surface area contributed by atoms with Gasteiger partial charge in [-0.2, -0.15) is 13.2 Å². The normalized spacial score (nSPS) is 17.8. The molecule has 0 radical (unpaired) electrons. The number of ether oxygens (including phenoxy) is 1. The van der Waals surface area contributed by atoms with Gasteiger partial charge in [0.05, 0.1) is 24.3 Å². The Bertz CT molecular complexity index is 1280. The quantitative estimate of drug-likeness (QED) is 0.251. The number of methoxy groups -OCH3 is 1. The largest absolute Gasteiger partial charge is 0.507 e. The van der Waals surface area contributed by atoms with Gasteiger partial charge in [0.15, 0.2) is 0 Å². The maximum absolute atomic E-state index is 13.4. The zero-order valence-electron chi connectivity index (χ0n) is 17.6. The summed E-state index contributed by atoms with van der Waals surface area (Å²) in [6, 6.07) is 15.8. The highest BCUT2D eigenvalue weighted by Crippen LogP contribution is 2.43. The van der Waals surface area contributed by atoms with E-state index in [1.807, 2.05) is 0 Å². The van der Waals surface area contributed by atoms with Crippen molar-refractivity contribution >= 4 is 39.1 Å². The van der Waals surface area contributed by atoms with E-state index in [0.29, 0.717) is 11.3 Å². The van der Waals surface area contributed by atoms with Crippen molar-refractivity contribution in [2.75, 3.05) is 12.0 Å². The highest BCUT2D eigenvalue weighted by Gasteiger charge is 2.47. The molecule has 0 spiro atoms. The first kappa shape index (κ1) is 23.6. The van der Waals surface area contributed by atoms with E-state index < -0.39 is 35.2 Å². The summed E-state index contributed by atoms with van der Waals surface area (Å²) in [6.45, 7) is 0. The molecular weight excluding hydrogens is 515 g/mol. The first-order valence-electron chi connectivity index (χ1n) is 10.00. The van der Waals surface area contributed by atoms with Crippen molar-refractivity contribution in [3.8, 4) is 5.75 Å². The Kier molecular flexibility index (Phi) is 6.22. The second-order valence-corrected chi connectivity index (χ2v) is 8.41. The van der Waals surface area contributed by atoms with Crippen LogP contribution < -0.4 is 9.64 Å². The predicted octanol–water partition coefficient (Wildman–Crippen LogP) is 6.10. The van der Waals surface area contributed by atoms with Gasteiger partial charge in [0.1, 0.15) is 11.5 Å². The molecule has 1 saturated heterocycles. The average Bonchev–Trinajstić information content (AvgIpc) is 3.09. The van der Waals surface area contributed by atoms with Crippen molar-refractivity contribution < 1.29 is 32.6 Å². The molecule has 0 bridgehead atoms. The smallest absolute Gasteiger partial charge is 0.416 e. The highest BCUT2D eigenvalue weighted by atomic mass is 79.9. The molecule has 0 saturated carbocycles. The Morgan fingerprint density at radius 2 is 1.65 bits per heavy atom. The summed E-state index contributed by atoms with van der Waals surface area (Å²) in [5, 5.41) is 11.0. The summed E-state index contributed by atoms with van der Waals surface area (Å²) in [5.41, 5.74) is -0.615. The molecule has 1 atom stereocenters. The monoisotopic (exact) mass is 531 g/mol. The van der Waals surface area contributed by atoms with Crippen LogP contribution in [0.4, 0.5) is 18.9 Å². The van der Waals surface area contributed by atoms with E-state index in [1.54, 1.807) is 48.5 Å². The van der Waals surface area contributed by atoms with Crippen LogP contribution in [0.15, 0.2) is 82.8 Å². The number of alkyl halides is 3. The number of nitrogens with zero attached hydrogens (tertiary/aromatic N) is 1. The van der Waals surface area contributed by atoms with Gasteiger partial charge < -0.3 is 9.84 Å². The lowest BCUT2D eigenvalue weighted by atomic mass is 9.95. The Balaban J connectivity index is 1.93. The molecule has 1 aliphatic heterocycles. The lowest BCUT2D eigenvalue weighted by Gasteiger charge is -2.26. The summed E-state index contributed by atoms with van der Waals surface area (Å²) in [5.74, 6) is -1.97. The van der Waals surface area contributed by atoms with E-state index >= 15 is 0 Å². The number of hydrogen-bond donors (Lipinski definition) is 1. The molecule has 3 aromatic rings. The van der Waals surface area contributed by atoms with Gasteiger partial charge in [0, 0.05) is 15.7 Å². The van der Waals surface area contributed by atoms with Crippen LogP contribution in [0.25, 0.3) is 5.76 Å². The molecule has 3 aromatic carbocycles. The van der Waals surface area contributed by atoms with E-state index in [-0.39, 0.29) is 16.8 Å². The van der Waals surface area contributed by atoms with Gasteiger partial charge >= 0.3 is 6.18 Å². The molecule has 1 heterocycles. The van der Waals surface area contributed by atoms with Crippen LogP contribution >= 0.6 is 15.9 Å². The Morgan fingerprint density at radius 3 is 2.24 bits per heavy atom. The summed E-state index contributed by atoms with van der Waals surface area (Å²) in [7, 11) is 1.47. The average molecular weight is 532 g/mol. The maximum atomic E-state index is 13.4. The van der Waals surface area contributed by atoms with Crippen molar-refractivity contribution in [3.63, 3.8) is 0 Å². The van der Waals surface area contributed by atoms with Gasteiger partial charge in [-0.1, -0.05) is 46.3 Å². The number of aliphatic hydroxyl groups is 1. The van der Waals surface area contributed by atoms with E-state index in [4.69, 9.17) is 4.74 Å². The summed E-state index contributed by atoms with van der Waals surface area (Å²) in [4.78, 5) is 27.2. The minimum atomic E-state index is -4.64. The van der Waals surface area contributed by atoms with E-state index in [9.17, 15) is 27.9 Å². The summed E-state index contributed by atoms with van der Waals surface area (Å²) >= 11 is 3.29. The molecule has 0 aliphatic carbocycles. The van der Waals surface area contributed by atoms with Crippen molar-refractivity contribution in [2.45, 2.75) is 12.2 Å². The van der Waals surface area contributed by atoms with Crippen LogP contribution in [0, 0.1) is 0 Å². The molecule has 5 nitrogen and oxygen atoms in total. The zero-order chi connectivity index (χ0) is 24.6. The molecule has 9 heteroatoms.